The zero-order valence-electron chi connectivity index (χ0n) is 19.0. The Hall–Kier alpha value is -4.25. The lowest BCUT2D eigenvalue weighted by Crippen LogP contribution is -2.21. The molecule has 1 aromatic carbocycles. The van der Waals surface area contributed by atoms with Crippen molar-refractivity contribution < 1.29 is 14.6 Å². The van der Waals surface area contributed by atoms with Crippen LogP contribution in [0, 0.1) is 0 Å². The number of nitrogen functional groups attached to an aromatic ring is 1. The Morgan fingerprint density at radius 2 is 1.82 bits per heavy atom. The number of nitrogens with zero attached hydrogens (tertiary/aromatic N) is 6. The average Bonchev–Trinajstić information content (AvgIpc) is 3.32. The maximum absolute atomic E-state index is 12.6. The van der Waals surface area contributed by atoms with Crippen LogP contribution in [0.2, 0.25) is 0 Å². The summed E-state index contributed by atoms with van der Waals surface area (Å²) in [6.07, 6.45) is 5.10. The topological polar surface area (TPSA) is 143 Å². The number of aliphatic hydroxyl groups excluding tert-OH is 1. The van der Waals surface area contributed by atoms with Gasteiger partial charge in [-0.2, -0.15) is 14.9 Å². The summed E-state index contributed by atoms with van der Waals surface area (Å²) in [7, 11) is 3.05. The number of aromatic nitrogens is 6. The van der Waals surface area contributed by atoms with Crippen LogP contribution in [0.3, 0.4) is 0 Å². The first-order chi connectivity index (χ1) is 16.4. The van der Waals surface area contributed by atoms with Gasteiger partial charge < -0.3 is 20.3 Å². The normalized spacial score (nSPS) is 11.9. The van der Waals surface area contributed by atoms with Gasteiger partial charge in [0.1, 0.15) is 22.9 Å². The van der Waals surface area contributed by atoms with E-state index in [0.717, 1.165) is 0 Å². The van der Waals surface area contributed by atoms with Gasteiger partial charge in [0.15, 0.2) is 5.82 Å². The van der Waals surface area contributed by atoms with Crippen molar-refractivity contribution in [3.8, 4) is 39.8 Å². The fourth-order valence-corrected chi connectivity index (χ4v) is 3.30. The van der Waals surface area contributed by atoms with Gasteiger partial charge in [-0.3, -0.25) is 9.48 Å². The van der Waals surface area contributed by atoms with Crippen LogP contribution in [0.1, 0.15) is 13.3 Å². The Balaban J connectivity index is 1.74. The summed E-state index contributed by atoms with van der Waals surface area (Å²) in [5.41, 5.74) is 8.15. The van der Waals surface area contributed by atoms with Crippen LogP contribution in [-0.4, -0.2) is 55.0 Å². The highest BCUT2D eigenvalue weighted by Crippen LogP contribution is 2.26. The summed E-state index contributed by atoms with van der Waals surface area (Å²) in [5, 5.41) is 18.6. The quantitative estimate of drug-likeness (QED) is 0.400. The van der Waals surface area contributed by atoms with Gasteiger partial charge in [0.05, 0.1) is 50.6 Å². The van der Waals surface area contributed by atoms with Crippen LogP contribution >= 0.6 is 0 Å². The van der Waals surface area contributed by atoms with Gasteiger partial charge in [0.2, 0.25) is 0 Å². The lowest BCUT2D eigenvalue weighted by Gasteiger charge is -2.11. The van der Waals surface area contributed by atoms with E-state index in [2.05, 4.69) is 20.2 Å². The third kappa shape index (κ3) is 4.74. The van der Waals surface area contributed by atoms with Gasteiger partial charge >= 0.3 is 0 Å². The van der Waals surface area contributed by atoms with Crippen molar-refractivity contribution in [2.45, 2.75) is 26.0 Å². The van der Waals surface area contributed by atoms with E-state index >= 15 is 0 Å². The van der Waals surface area contributed by atoms with Crippen molar-refractivity contribution >= 4 is 5.82 Å². The van der Waals surface area contributed by atoms with Crippen LogP contribution in [-0.2, 0) is 6.54 Å². The molecule has 0 amide bonds. The number of rotatable bonds is 8. The van der Waals surface area contributed by atoms with E-state index < -0.39 is 6.10 Å². The molecule has 0 spiro atoms. The molecule has 3 N–H and O–H groups in total. The molecule has 3 aromatic heterocycles. The zero-order chi connectivity index (χ0) is 24.2. The number of benzene rings is 1. The fraction of sp³-hybridized carbons (Fsp3) is 0.261. The molecule has 0 radical (unpaired) electrons. The van der Waals surface area contributed by atoms with Crippen molar-refractivity contribution in [2.75, 3.05) is 20.0 Å². The van der Waals surface area contributed by atoms with Gasteiger partial charge in [-0.25, -0.2) is 9.97 Å². The average molecular weight is 463 g/mol. The second-order valence-corrected chi connectivity index (χ2v) is 7.54. The van der Waals surface area contributed by atoms with Gasteiger partial charge in [-0.15, -0.1) is 0 Å². The number of ether oxygens (including phenoxy) is 2. The van der Waals surface area contributed by atoms with Crippen molar-refractivity contribution in [3.05, 3.63) is 59.3 Å². The molecule has 0 aliphatic rings. The van der Waals surface area contributed by atoms with E-state index in [1.54, 1.807) is 47.5 Å². The molecule has 4 rings (SSSR count). The van der Waals surface area contributed by atoms with E-state index in [0.29, 0.717) is 52.8 Å². The highest BCUT2D eigenvalue weighted by molar-refractivity contribution is 5.70. The molecule has 34 heavy (non-hydrogen) atoms. The molecule has 3 heterocycles. The first-order valence-electron chi connectivity index (χ1n) is 10.6. The predicted molar refractivity (Wildman–Crippen MR) is 126 cm³/mol. The Bertz CT molecular complexity index is 1340. The van der Waals surface area contributed by atoms with E-state index in [1.165, 1.54) is 25.0 Å². The van der Waals surface area contributed by atoms with E-state index in [9.17, 15) is 9.90 Å². The van der Waals surface area contributed by atoms with Crippen LogP contribution in [0.25, 0.3) is 28.3 Å². The minimum absolute atomic E-state index is 0.165. The lowest BCUT2D eigenvalue weighted by molar-refractivity contribution is 0.145. The molecular formula is C23H25N7O4. The first-order valence-corrected chi connectivity index (χ1v) is 10.6. The van der Waals surface area contributed by atoms with Gasteiger partial charge in [-0.05, 0) is 12.5 Å². The van der Waals surface area contributed by atoms with Gasteiger partial charge in [-0.1, -0.05) is 6.92 Å². The summed E-state index contributed by atoms with van der Waals surface area (Å²) in [4.78, 5) is 21.5. The van der Waals surface area contributed by atoms with Crippen molar-refractivity contribution in [2.24, 2.45) is 0 Å². The summed E-state index contributed by atoms with van der Waals surface area (Å²) in [6, 6.07) is 7.97. The van der Waals surface area contributed by atoms with Crippen LogP contribution < -0.4 is 20.8 Å². The molecule has 1 atom stereocenters. The number of hydrogen-bond acceptors (Lipinski definition) is 9. The number of nitrogens with two attached hydrogens (primary N) is 1. The zero-order valence-corrected chi connectivity index (χ0v) is 19.0. The molecule has 0 saturated carbocycles. The molecule has 0 aliphatic heterocycles. The van der Waals surface area contributed by atoms with E-state index in [1.807, 2.05) is 6.92 Å². The van der Waals surface area contributed by atoms with Gasteiger partial charge in [0.25, 0.3) is 5.56 Å². The van der Waals surface area contributed by atoms with Crippen LogP contribution in [0.15, 0.2) is 53.7 Å². The summed E-state index contributed by atoms with van der Waals surface area (Å²) in [6.45, 7) is 2.28. The third-order valence-corrected chi connectivity index (χ3v) is 5.22. The van der Waals surface area contributed by atoms with Gasteiger partial charge in [0, 0.05) is 36.0 Å². The Kier molecular flexibility index (Phi) is 6.55. The van der Waals surface area contributed by atoms with Crippen molar-refractivity contribution in [3.63, 3.8) is 0 Å². The minimum Gasteiger partial charge on any atom is -0.497 e. The maximum Gasteiger partial charge on any atom is 0.271 e. The monoisotopic (exact) mass is 463 g/mol. The van der Waals surface area contributed by atoms with Crippen molar-refractivity contribution in [1.29, 1.82) is 0 Å². The molecule has 4 aromatic rings. The first kappa shape index (κ1) is 22.9. The number of aliphatic hydroxyl groups is 1. The standard InChI is InChI=1S/C23H25N7O4/c1-4-16(31)13-29-12-14(10-26-29)20-11-25-23(24)22(27-20)19-5-6-21(32)30(28-19)15-7-17(33-2)9-18(8-15)34-3/h5-12,16,31H,4,13H2,1-3H3,(H2,24,25). The van der Waals surface area contributed by atoms with E-state index in [4.69, 9.17) is 15.2 Å². The van der Waals surface area contributed by atoms with Crippen molar-refractivity contribution in [1.82, 2.24) is 29.5 Å². The number of methoxy groups -OCH3 is 2. The third-order valence-electron chi connectivity index (χ3n) is 5.22. The number of hydrogen-bond donors (Lipinski definition) is 2. The lowest BCUT2D eigenvalue weighted by atomic mass is 10.2. The summed E-state index contributed by atoms with van der Waals surface area (Å²) >= 11 is 0. The molecule has 11 heteroatoms. The predicted octanol–water partition coefficient (Wildman–Crippen LogP) is 1.92. The molecule has 0 bridgehead atoms. The molecule has 1 unspecified atom stereocenters. The SMILES string of the molecule is CCC(O)Cn1cc(-c2cnc(N)c(-c3ccc(=O)n(-c4cc(OC)cc(OC)c4)n3)n2)cn1. The van der Waals surface area contributed by atoms with Crippen LogP contribution in [0.5, 0.6) is 11.5 Å². The molecule has 0 fully saturated rings. The second kappa shape index (κ2) is 9.71. The Morgan fingerprint density at radius 3 is 2.50 bits per heavy atom. The van der Waals surface area contributed by atoms with Crippen LogP contribution in [0.4, 0.5) is 5.82 Å². The fourth-order valence-electron chi connectivity index (χ4n) is 3.30. The Labute approximate surface area is 195 Å². The highest BCUT2D eigenvalue weighted by Gasteiger charge is 2.15. The smallest absolute Gasteiger partial charge is 0.271 e. The number of anilines is 1. The molecule has 176 valence electrons. The second-order valence-electron chi connectivity index (χ2n) is 7.54. The van der Waals surface area contributed by atoms with E-state index in [-0.39, 0.29) is 11.4 Å². The molecular weight excluding hydrogens is 438 g/mol. The Morgan fingerprint density at radius 1 is 1.09 bits per heavy atom. The molecule has 0 aliphatic carbocycles. The highest BCUT2D eigenvalue weighted by atomic mass is 16.5. The summed E-state index contributed by atoms with van der Waals surface area (Å²) < 4.78 is 13.5. The molecule has 11 nitrogen and oxygen atoms in total. The molecule has 0 saturated heterocycles. The minimum atomic E-state index is -0.485. The maximum atomic E-state index is 12.6. The largest absolute Gasteiger partial charge is 0.497 e. The summed E-state index contributed by atoms with van der Waals surface area (Å²) in [5.74, 6) is 1.19.